The summed E-state index contributed by atoms with van der Waals surface area (Å²) in [7, 11) is -2.78. The van der Waals surface area contributed by atoms with Gasteiger partial charge in [0.15, 0.2) is 16.6 Å². The number of aryl methyl sites for hydroxylation is 1. The molecule has 3 rings (SSSR count). The quantitative estimate of drug-likeness (QED) is 0.275. The third-order valence-electron chi connectivity index (χ3n) is 4.01. The van der Waals surface area contributed by atoms with E-state index < -0.39 is 21.9 Å². The largest absolute Gasteiger partial charge is 0.493 e. The summed E-state index contributed by atoms with van der Waals surface area (Å²) < 4.78 is 36.0. The summed E-state index contributed by atoms with van der Waals surface area (Å²) in [5.41, 5.74) is 1.13. The second-order valence-corrected chi connectivity index (χ2v) is 8.99. The number of amides is 2. The van der Waals surface area contributed by atoms with Gasteiger partial charge >= 0.3 is 10.1 Å². The molecule has 0 aromatic heterocycles. The number of rotatable bonds is 5. The van der Waals surface area contributed by atoms with Crippen LogP contribution in [0.5, 0.6) is 11.5 Å². The van der Waals surface area contributed by atoms with Crippen LogP contribution in [-0.4, -0.2) is 32.5 Å². The van der Waals surface area contributed by atoms with E-state index in [0.29, 0.717) is 5.56 Å². The molecule has 0 spiro atoms. The van der Waals surface area contributed by atoms with Gasteiger partial charge in [-0.3, -0.25) is 20.2 Å². The summed E-state index contributed by atoms with van der Waals surface area (Å²) >= 11 is 8.02. The van der Waals surface area contributed by atoms with Gasteiger partial charge in [0.1, 0.15) is 10.5 Å². The van der Waals surface area contributed by atoms with Crippen molar-refractivity contribution in [1.82, 2.24) is 10.6 Å². The number of ether oxygens (including phenoxy) is 1. The van der Waals surface area contributed by atoms with Gasteiger partial charge in [0.2, 0.25) is 0 Å². The number of thiocarbonyl (C=S) groups is 1. The van der Waals surface area contributed by atoms with Gasteiger partial charge < -0.3 is 8.92 Å². The molecule has 0 unspecified atom stereocenters. The maximum atomic E-state index is 12.6. The Labute approximate surface area is 186 Å². The van der Waals surface area contributed by atoms with Crippen LogP contribution < -0.4 is 19.6 Å². The van der Waals surface area contributed by atoms with E-state index in [1.807, 2.05) is 6.92 Å². The minimum Gasteiger partial charge on any atom is -0.493 e. The van der Waals surface area contributed by atoms with Gasteiger partial charge in [0, 0.05) is 0 Å². The van der Waals surface area contributed by atoms with E-state index >= 15 is 0 Å². The first kappa shape index (κ1) is 21.9. The first-order valence-corrected chi connectivity index (χ1v) is 11.0. The van der Waals surface area contributed by atoms with Crippen molar-refractivity contribution < 1.29 is 26.9 Å². The third-order valence-corrected chi connectivity index (χ3v) is 6.04. The van der Waals surface area contributed by atoms with E-state index in [0.717, 1.165) is 5.56 Å². The number of hydrogen-bond acceptors (Lipinski definition) is 7. The second-order valence-electron chi connectivity index (χ2n) is 6.18. The van der Waals surface area contributed by atoms with Crippen molar-refractivity contribution in [3.63, 3.8) is 0 Å². The van der Waals surface area contributed by atoms with Crippen molar-refractivity contribution in [2.24, 2.45) is 0 Å². The lowest BCUT2D eigenvalue weighted by atomic mass is 10.1. The zero-order valence-corrected chi connectivity index (χ0v) is 18.9. The predicted molar refractivity (Wildman–Crippen MR) is 117 cm³/mol. The van der Waals surface area contributed by atoms with Crippen molar-refractivity contribution in [1.29, 1.82) is 0 Å². The summed E-state index contributed by atoms with van der Waals surface area (Å²) in [4.78, 5) is 24.0. The average molecular weight is 511 g/mol. The van der Waals surface area contributed by atoms with Gasteiger partial charge in [-0.25, -0.2) is 0 Å². The lowest BCUT2D eigenvalue weighted by molar-refractivity contribution is -0.123. The third kappa shape index (κ3) is 4.69. The molecule has 1 fully saturated rings. The Hall–Kier alpha value is -2.76. The molecule has 2 N–H and O–H groups in total. The zero-order valence-electron chi connectivity index (χ0n) is 15.7. The lowest BCUT2D eigenvalue weighted by Crippen LogP contribution is -2.51. The number of benzene rings is 2. The van der Waals surface area contributed by atoms with Crippen LogP contribution in [0.3, 0.4) is 0 Å². The standard InChI is InChI=1S/C19H15BrN2O6S2/c1-10-3-5-12(6-4-10)30(25,26)28-16-14(20)8-11(9-15(16)27-2)7-13-17(23)21-19(29)22-18(13)24/h3-9H,1-2H3,(H2,21,22,23,24,29). The monoisotopic (exact) mass is 510 g/mol. The Morgan fingerprint density at radius 1 is 1.07 bits per heavy atom. The normalized spacial score (nSPS) is 14.1. The maximum absolute atomic E-state index is 12.6. The van der Waals surface area contributed by atoms with Crippen LogP contribution >= 0.6 is 28.1 Å². The minimum absolute atomic E-state index is 0.0141. The number of nitrogens with one attached hydrogen (secondary N) is 2. The Balaban J connectivity index is 1.98. The summed E-state index contributed by atoms with van der Waals surface area (Å²) in [5.74, 6) is -1.29. The van der Waals surface area contributed by atoms with E-state index in [1.165, 1.54) is 37.5 Å². The summed E-state index contributed by atoms with van der Waals surface area (Å²) in [6.45, 7) is 1.84. The Morgan fingerprint density at radius 3 is 2.23 bits per heavy atom. The molecule has 156 valence electrons. The Kier molecular flexibility index (Phi) is 6.25. The highest BCUT2D eigenvalue weighted by molar-refractivity contribution is 9.10. The maximum Gasteiger partial charge on any atom is 0.339 e. The molecule has 0 aliphatic carbocycles. The first-order chi connectivity index (χ1) is 14.1. The lowest BCUT2D eigenvalue weighted by Gasteiger charge is -2.17. The van der Waals surface area contributed by atoms with Gasteiger partial charge in [-0.2, -0.15) is 8.42 Å². The average Bonchev–Trinajstić information content (AvgIpc) is 2.66. The minimum atomic E-state index is -4.12. The predicted octanol–water partition coefficient (Wildman–Crippen LogP) is 2.45. The number of halogens is 1. The van der Waals surface area contributed by atoms with Gasteiger partial charge in [0.05, 0.1) is 11.6 Å². The molecule has 30 heavy (non-hydrogen) atoms. The van der Waals surface area contributed by atoms with Crippen molar-refractivity contribution >= 4 is 61.3 Å². The molecular formula is C19H15BrN2O6S2. The molecule has 1 heterocycles. The molecule has 0 saturated carbocycles. The van der Waals surface area contributed by atoms with Crippen LogP contribution in [0.15, 0.2) is 51.3 Å². The van der Waals surface area contributed by atoms with Crippen LogP contribution in [0.25, 0.3) is 6.08 Å². The highest BCUT2D eigenvalue weighted by atomic mass is 79.9. The van der Waals surface area contributed by atoms with Crippen LogP contribution in [0, 0.1) is 6.92 Å². The number of hydrogen-bond donors (Lipinski definition) is 2. The van der Waals surface area contributed by atoms with E-state index in [9.17, 15) is 18.0 Å². The Bertz CT molecular complexity index is 1170. The van der Waals surface area contributed by atoms with Crippen molar-refractivity contribution in [3.8, 4) is 11.5 Å². The van der Waals surface area contributed by atoms with E-state index in [2.05, 4.69) is 26.6 Å². The fraction of sp³-hybridized carbons (Fsp3) is 0.105. The fourth-order valence-corrected chi connectivity index (χ4v) is 4.33. The van der Waals surface area contributed by atoms with Crippen molar-refractivity contribution in [2.75, 3.05) is 7.11 Å². The molecule has 2 aromatic rings. The van der Waals surface area contributed by atoms with Crippen molar-refractivity contribution in [3.05, 3.63) is 57.6 Å². The zero-order chi connectivity index (χ0) is 22.1. The molecule has 0 bridgehead atoms. The molecule has 2 aromatic carbocycles. The molecule has 0 radical (unpaired) electrons. The highest BCUT2D eigenvalue weighted by Crippen LogP contribution is 2.39. The van der Waals surface area contributed by atoms with E-state index in [4.69, 9.17) is 21.1 Å². The van der Waals surface area contributed by atoms with Gasteiger partial charge in [-0.1, -0.05) is 17.7 Å². The molecule has 1 aliphatic rings. The smallest absolute Gasteiger partial charge is 0.339 e. The number of carbonyl (C=O) groups excluding carboxylic acids is 2. The van der Waals surface area contributed by atoms with Crippen LogP contribution in [-0.2, 0) is 19.7 Å². The van der Waals surface area contributed by atoms with E-state index in [1.54, 1.807) is 12.1 Å². The summed E-state index contributed by atoms with van der Waals surface area (Å²) in [6.07, 6.45) is 1.32. The van der Waals surface area contributed by atoms with Gasteiger partial charge in [-0.05, 0) is 71.0 Å². The summed E-state index contributed by atoms with van der Waals surface area (Å²) in [6, 6.07) is 9.12. The highest BCUT2D eigenvalue weighted by Gasteiger charge is 2.26. The molecule has 11 heteroatoms. The second kappa shape index (κ2) is 8.54. The SMILES string of the molecule is COc1cc(C=C2C(=O)NC(=S)NC2=O)cc(Br)c1OS(=O)(=O)c1ccc(C)cc1. The molecular weight excluding hydrogens is 496 g/mol. The number of carbonyl (C=O) groups is 2. The Morgan fingerprint density at radius 2 is 1.67 bits per heavy atom. The first-order valence-electron chi connectivity index (χ1n) is 8.38. The topological polar surface area (TPSA) is 111 Å². The number of methoxy groups -OCH3 is 1. The van der Waals surface area contributed by atoms with Gasteiger partial charge in [-0.15, -0.1) is 0 Å². The van der Waals surface area contributed by atoms with Crippen LogP contribution in [0.1, 0.15) is 11.1 Å². The van der Waals surface area contributed by atoms with Crippen molar-refractivity contribution in [2.45, 2.75) is 11.8 Å². The molecule has 1 aliphatic heterocycles. The van der Waals surface area contributed by atoms with Crippen LogP contribution in [0.4, 0.5) is 0 Å². The van der Waals surface area contributed by atoms with Crippen LogP contribution in [0.2, 0.25) is 0 Å². The summed E-state index contributed by atoms with van der Waals surface area (Å²) in [5, 5.41) is 4.59. The molecule has 2 amide bonds. The molecule has 8 nitrogen and oxygen atoms in total. The fourth-order valence-electron chi connectivity index (χ4n) is 2.54. The van der Waals surface area contributed by atoms with E-state index in [-0.39, 0.29) is 31.6 Å². The van der Waals surface area contributed by atoms with Gasteiger partial charge in [0.25, 0.3) is 11.8 Å². The molecule has 1 saturated heterocycles. The molecule has 0 atom stereocenters.